The third-order valence-electron chi connectivity index (χ3n) is 4.61. The SMILES string of the molecule is Cc1cc2c(cc1C1CCN(C(=O)OC(C)(C)C)CC1)CN=C2. The molecular weight excluding hydrogens is 288 g/mol. The lowest BCUT2D eigenvalue weighted by atomic mass is 9.85. The number of ether oxygens (including phenoxy) is 1. The maximum Gasteiger partial charge on any atom is 0.410 e. The summed E-state index contributed by atoms with van der Waals surface area (Å²) in [7, 11) is 0. The van der Waals surface area contributed by atoms with Crippen LogP contribution in [0.2, 0.25) is 0 Å². The topological polar surface area (TPSA) is 41.9 Å². The van der Waals surface area contributed by atoms with E-state index < -0.39 is 5.60 Å². The molecule has 2 aliphatic heterocycles. The molecule has 1 amide bonds. The van der Waals surface area contributed by atoms with Gasteiger partial charge in [0.15, 0.2) is 0 Å². The maximum atomic E-state index is 12.2. The summed E-state index contributed by atoms with van der Waals surface area (Å²) in [6.07, 6.45) is 3.78. The van der Waals surface area contributed by atoms with E-state index in [9.17, 15) is 4.79 Å². The van der Waals surface area contributed by atoms with Crippen LogP contribution >= 0.6 is 0 Å². The van der Waals surface area contributed by atoms with E-state index in [1.165, 1.54) is 22.3 Å². The second-order valence-corrected chi connectivity index (χ2v) is 7.62. The van der Waals surface area contributed by atoms with Gasteiger partial charge in [-0.2, -0.15) is 0 Å². The van der Waals surface area contributed by atoms with E-state index in [1.807, 2.05) is 31.9 Å². The Bertz CT molecular complexity index is 636. The lowest BCUT2D eigenvalue weighted by molar-refractivity contribution is 0.0205. The molecule has 1 saturated heterocycles. The Kier molecular flexibility index (Phi) is 4.17. The van der Waals surface area contributed by atoms with E-state index in [0.717, 1.165) is 32.5 Å². The van der Waals surface area contributed by atoms with Gasteiger partial charge in [0, 0.05) is 19.3 Å². The average Bonchev–Trinajstić information content (AvgIpc) is 2.92. The van der Waals surface area contributed by atoms with E-state index >= 15 is 0 Å². The minimum atomic E-state index is -0.426. The number of carbonyl (C=O) groups excluding carboxylic acids is 1. The fourth-order valence-electron chi connectivity index (χ4n) is 3.43. The van der Waals surface area contributed by atoms with Crippen LogP contribution in [0.4, 0.5) is 4.79 Å². The van der Waals surface area contributed by atoms with Crippen molar-refractivity contribution in [2.45, 2.75) is 58.6 Å². The van der Waals surface area contributed by atoms with Crippen LogP contribution in [0.25, 0.3) is 0 Å². The van der Waals surface area contributed by atoms with Crippen LogP contribution in [0.1, 0.15) is 61.8 Å². The van der Waals surface area contributed by atoms with E-state index in [0.29, 0.717) is 5.92 Å². The van der Waals surface area contributed by atoms with Gasteiger partial charge in [-0.1, -0.05) is 6.07 Å². The van der Waals surface area contributed by atoms with Gasteiger partial charge >= 0.3 is 6.09 Å². The van der Waals surface area contributed by atoms with Gasteiger partial charge in [-0.15, -0.1) is 0 Å². The Morgan fingerprint density at radius 1 is 1.26 bits per heavy atom. The molecule has 4 nitrogen and oxygen atoms in total. The van der Waals surface area contributed by atoms with E-state index in [4.69, 9.17) is 4.74 Å². The molecule has 0 atom stereocenters. The minimum absolute atomic E-state index is 0.185. The van der Waals surface area contributed by atoms with E-state index in [2.05, 4.69) is 24.0 Å². The van der Waals surface area contributed by atoms with Crippen LogP contribution in [-0.4, -0.2) is 35.9 Å². The van der Waals surface area contributed by atoms with Crippen molar-refractivity contribution in [3.63, 3.8) is 0 Å². The molecule has 2 heterocycles. The standard InChI is InChI=1S/C19H26N2O2/c1-13-9-15-11-20-12-16(15)10-17(13)14-5-7-21(8-6-14)18(22)23-19(2,3)4/h9-11,14H,5-8,12H2,1-4H3. The fourth-order valence-corrected chi connectivity index (χ4v) is 3.43. The summed E-state index contributed by atoms with van der Waals surface area (Å²) in [4.78, 5) is 18.4. The number of carbonyl (C=O) groups is 1. The average molecular weight is 314 g/mol. The van der Waals surface area contributed by atoms with Crippen molar-refractivity contribution in [1.82, 2.24) is 4.90 Å². The van der Waals surface area contributed by atoms with Crippen LogP contribution in [0.15, 0.2) is 17.1 Å². The molecule has 0 radical (unpaired) electrons. The molecule has 1 fully saturated rings. The molecular formula is C19H26N2O2. The number of hydrogen-bond acceptors (Lipinski definition) is 3. The van der Waals surface area contributed by atoms with Gasteiger partial charge in [0.2, 0.25) is 0 Å². The summed E-state index contributed by atoms with van der Waals surface area (Å²) in [5, 5.41) is 0. The molecule has 0 aliphatic carbocycles. The zero-order chi connectivity index (χ0) is 16.6. The third kappa shape index (κ3) is 3.57. The van der Waals surface area contributed by atoms with Crippen molar-refractivity contribution < 1.29 is 9.53 Å². The highest BCUT2D eigenvalue weighted by Gasteiger charge is 2.28. The van der Waals surface area contributed by atoms with Crippen molar-refractivity contribution >= 4 is 12.3 Å². The predicted octanol–water partition coefficient (Wildman–Crippen LogP) is 4.04. The zero-order valence-electron chi connectivity index (χ0n) is 14.6. The van der Waals surface area contributed by atoms with Gasteiger partial charge in [0.25, 0.3) is 0 Å². The molecule has 0 spiro atoms. The molecule has 0 unspecified atom stereocenters. The number of piperidine rings is 1. The van der Waals surface area contributed by atoms with Crippen LogP contribution < -0.4 is 0 Å². The second-order valence-electron chi connectivity index (χ2n) is 7.62. The number of nitrogens with zero attached hydrogens (tertiary/aromatic N) is 2. The first-order valence-corrected chi connectivity index (χ1v) is 8.44. The highest BCUT2D eigenvalue weighted by atomic mass is 16.6. The maximum absolute atomic E-state index is 12.2. The molecule has 1 aromatic carbocycles. The summed E-state index contributed by atoms with van der Waals surface area (Å²) in [5.41, 5.74) is 4.94. The Morgan fingerprint density at radius 3 is 2.61 bits per heavy atom. The summed E-state index contributed by atoms with van der Waals surface area (Å²) >= 11 is 0. The smallest absolute Gasteiger partial charge is 0.410 e. The largest absolute Gasteiger partial charge is 0.444 e. The molecule has 23 heavy (non-hydrogen) atoms. The number of hydrogen-bond donors (Lipinski definition) is 0. The van der Waals surface area contributed by atoms with Crippen LogP contribution in [0.5, 0.6) is 0 Å². The monoisotopic (exact) mass is 314 g/mol. The van der Waals surface area contributed by atoms with Gasteiger partial charge in [-0.05, 0) is 74.8 Å². The predicted molar refractivity (Wildman–Crippen MR) is 92.3 cm³/mol. The molecule has 0 N–H and O–H groups in total. The molecule has 0 bridgehead atoms. The number of amides is 1. The summed E-state index contributed by atoms with van der Waals surface area (Å²) in [5.74, 6) is 0.527. The van der Waals surface area contributed by atoms with Gasteiger partial charge in [-0.25, -0.2) is 4.79 Å². The lowest BCUT2D eigenvalue weighted by Gasteiger charge is -2.34. The van der Waals surface area contributed by atoms with Gasteiger partial charge in [0.05, 0.1) is 6.54 Å². The lowest BCUT2D eigenvalue weighted by Crippen LogP contribution is -2.41. The van der Waals surface area contributed by atoms with Gasteiger partial charge in [0.1, 0.15) is 5.60 Å². The van der Waals surface area contributed by atoms with Crippen molar-refractivity contribution in [1.29, 1.82) is 0 Å². The van der Waals surface area contributed by atoms with Crippen molar-refractivity contribution in [3.05, 3.63) is 34.4 Å². The van der Waals surface area contributed by atoms with Crippen molar-refractivity contribution in [3.8, 4) is 0 Å². The molecule has 0 aromatic heterocycles. The third-order valence-corrected chi connectivity index (χ3v) is 4.61. The number of benzene rings is 1. The highest BCUT2D eigenvalue weighted by molar-refractivity contribution is 5.85. The van der Waals surface area contributed by atoms with E-state index in [-0.39, 0.29) is 6.09 Å². The molecule has 3 rings (SSSR count). The molecule has 2 aliphatic rings. The van der Waals surface area contributed by atoms with Crippen LogP contribution in [0.3, 0.4) is 0 Å². The summed E-state index contributed by atoms with van der Waals surface area (Å²) in [6, 6.07) is 4.58. The van der Waals surface area contributed by atoms with Crippen LogP contribution in [-0.2, 0) is 11.3 Å². The number of aliphatic imine (C=N–C) groups is 1. The zero-order valence-corrected chi connectivity index (χ0v) is 14.6. The Hall–Kier alpha value is -1.84. The number of likely N-dealkylation sites (tertiary alicyclic amines) is 1. The number of rotatable bonds is 1. The molecule has 4 heteroatoms. The van der Waals surface area contributed by atoms with Gasteiger partial charge < -0.3 is 9.64 Å². The first-order valence-electron chi connectivity index (χ1n) is 8.44. The van der Waals surface area contributed by atoms with Crippen molar-refractivity contribution in [2.75, 3.05) is 13.1 Å². The van der Waals surface area contributed by atoms with Crippen LogP contribution in [0, 0.1) is 6.92 Å². The minimum Gasteiger partial charge on any atom is -0.444 e. The molecule has 124 valence electrons. The first-order chi connectivity index (χ1) is 10.8. The number of fused-ring (bicyclic) bond motifs is 1. The second kappa shape index (κ2) is 5.99. The summed E-state index contributed by atoms with van der Waals surface area (Å²) < 4.78 is 5.47. The van der Waals surface area contributed by atoms with Gasteiger partial charge in [-0.3, -0.25) is 4.99 Å². The fraction of sp³-hybridized carbons (Fsp3) is 0.579. The quantitative estimate of drug-likeness (QED) is 0.785. The normalized spacial score (nSPS) is 18.2. The Morgan fingerprint density at radius 2 is 1.96 bits per heavy atom. The first kappa shape index (κ1) is 16.0. The van der Waals surface area contributed by atoms with E-state index in [1.54, 1.807) is 0 Å². The Balaban J connectivity index is 1.65. The number of aryl methyl sites for hydroxylation is 1. The summed E-state index contributed by atoms with van der Waals surface area (Å²) in [6.45, 7) is 10.3. The molecule has 1 aromatic rings. The Labute approximate surface area is 138 Å². The van der Waals surface area contributed by atoms with Crippen molar-refractivity contribution in [2.24, 2.45) is 4.99 Å². The highest BCUT2D eigenvalue weighted by Crippen LogP contribution is 2.33. The molecule has 0 saturated carbocycles.